The Balaban J connectivity index is 3.46. The first kappa shape index (κ1) is 16.9. The highest BCUT2D eigenvalue weighted by atomic mass is 32.2. The van der Waals surface area contributed by atoms with Gasteiger partial charge in [0, 0.05) is 18.7 Å². The Morgan fingerprint density at radius 3 is 2.38 bits per heavy atom. The van der Waals surface area contributed by atoms with Crippen molar-refractivity contribution < 1.29 is 32.0 Å². The maximum Gasteiger partial charge on any atom is 0.318 e. The Labute approximate surface area is 117 Å². The van der Waals surface area contributed by atoms with Gasteiger partial charge >= 0.3 is 11.7 Å². The van der Waals surface area contributed by atoms with Crippen molar-refractivity contribution in [1.29, 1.82) is 0 Å². The summed E-state index contributed by atoms with van der Waals surface area (Å²) in [5, 5.41) is 19.2. The fourth-order valence-electron chi connectivity index (χ4n) is 1.51. The molecule has 0 aliphatic rings. The van der Waals surface area contributed by atoms with Crippen LogP contribution in [0.3, 0.4) is 0 Å². The zero-order valence-electron chi connectivity index (χ0n) is 10.6. The maximum atomic E-state index is 13.6. The molecule has 1 N–H and O–H groups in total. The summed E-state index contributed by atoms with van der Waals surface area (Å²) in [5.41, 5.74) is -1.22. The topological polar surface area (TPSA) is 118 Å². The van der Waals surface area contributed by atoms with Crippen LogP contribution >= 0.6 is 0 Å². The number of hydrogen-bond donors (Lipinski definition) is 1. The van der Waals surface area contributed by atoms with Gasteiger partial charge in [0.2, 0.25) is 15.8 Å². The van der Waals surface area contributed by atoms with Crippen LogP contribution in [0.1, 0.15) is 6.92 Å². The van der Waals surface area contributed by atoms with Crippen molar-refractivity contribution in [3.8, 4) is 0 Å². The van der Waals surface area contributed by atoms with Crippen molar-refractivity contribution in [3.05, 3.63) is 33.9 Å². The van der Waals surface area contributed by atoms with E-state index in [1.165, 1.54) is 6.92 Å². The molecule has 1 aromatic carbocycles. The molecule has 0 saturated heterocycles. The molecule has 1 rings (SSSR count). The monoisotopic (exact) mass is 324 g/mol. The van der Waals surface area contributed by atoms with Gasteiger partial charge in [-0.05, 0) is 0 Å². The lowest BCUT2D eigenvalue weighted by atomic mass is 10.3. The second kappa shape index (κ2) is 6.10. The molecule has 0 fully saturated rings. The minimum atomic E-state index is -4.64. The summed E-state index contributed by atoms with van der Waals surface area (Å²) in [6, 6.07) is 0.296. The quantitative estimate of drug-likeness (QED) is 0.615. The normalized spacial score (nSPS) is 11.6. The predicted molar refractivity (Wildman–Crippen MR) is 65.1 cm³/mol. The average Bonchev–Trinajstić information content (AvgIpc) is 2.34. The molecule has 0 spiro atoms. The minimum absolute atomic E-state index is 0.0691. The summed E-state index contributed by atoms with van der Waals surface area (Å²) in [5.74, 6) is -4.56. The summed E-state index contributed by atoms with van der Waals surface area (Å²) in [7, 11) is -4.64. The highest BCUT2D eigenvalue weighted by Crippen LogP contribution is 2.26. The largest absolute Gasteiger partial charge is 0.480 e. The van der Waals surface area contributed by atoms with Crippen LogP contribution in [-0.2, 0) is 14.8 Å². The van der Waals surface area contributed by atoms with E-state index in [0.717, 1.165) is 0 Å². The first-order chi connectivity index (χ1) is 9.61. The van der Waals surface area contributed by atoms with Crippen molar-refractivity contribution in [1.82, 2.24) is 4.31 Å². The standard InChI is InChI=1S/C10H10F2N2O6S/c1-2-13(5-10(15)16)21(19,20)9-4-8(14(17)18)6(11)3-7(9)12/h3-4H,2,5H2,1H3,(H,15,16). The van der Waals surface area contributed by atoms with Gasteiger partial charge < -0.3 is 5.11 Å². The van der Waals surface area contributed by atoms with Gasteiger partial charge in [-0.15, -0.1) is 0 Å². The lowest BCUT2D eigenvalue weighted by Crippen LogP contribution is -2.36. The summed E-state index contributed by atoms with van der Waals surface area (Å²) in [6.07, 6.45) is 0. The third kappa shape index (κ3) is 3.49. The molecule has 0 aromatic heterocycles. The average molecular weight is 324 g/mol. The summed E-state index contributed by atoms with van der Waals surface area (Å²) >= 11 is 0. The smallest absolute Gasteiger partial charge is 0.318 e. The van der Waals surface area contributed by atoms with Crippen molar-refractivity contribution in [2.45, 2.75) is 11.8 Å². The molecule has 8 nitrogen and oxygen atoms in total. The first-order valence-electron chi connectivity index (χ1n) is 5.46. The molecular weight excluding hydrogens is 314 g/mol. The molecule has 0 unspecified atom stereocenters. The van der Waals surface area contributed by atoms with Gasteiger partial charge in [-0.2, -0.15) is 8.70 Å². The van der Waals surface area contributed by atoms with Gasteiger partial charge in [-0.1, -0.05) is 6.92 Å². The van der Waals surface area contributed by atoms with E-state index in [2.05, 4.69) is 0 Å². The second-order valence-corrected chi connectivity index (χ2v) is 5.72. The number of rotatable bonds is 6. The number of likely N-dealkylation sites (N-methyl/N-ethyl adjacent to an activating group) is 1. The molecule has 0 aliphatic carbocycles. The Kier molecular flexibility index (Phi) is 4.91. The Morgan fingerprint density at radius 1 is 1.38 bits per heavy atom. The number of carboxylic acids is 1. The molecule has 11 heteroatoms. The zero-order chi connectivity index (χ0) is 16.4. The van der Waals surface area contributed by atoms with Crippen LogP contribution in [0.25, 0.3) is 0 Å². The molecule has 21 heavy (non-hydrogen) atoms. The molecule has 0 bridgehead atoms. The molecule has 0 aliphatic heterocycles. The lowest BCUT2D eigenvalue weighted by Gasteiger charge is -2.18. The van der Waals surface area contributed by atoms with Crippen LogP contribution in [0, 0.1) is 21.7 Å². The minimum Gasteiger partial charge on any atom is -0.480 e. The van der Waals surface area contributed by atoms with Crippen LogP contribution in [0.2, 0.25) is 0 Å². The third-order valence-corrected chi connectivity index (χ3v) is 4.42. The number of nitrogens with zero attached hydrogens (tertiary/aromatic N) is 2. The van der Waals surface area contributed by atoms with Crippen LogP contribution in [0.4, 0.5) is 14.5 Å². The maximum absolute atomic E-state index is 13.6. The van der Waals surface area contributed by atoms with E-state index in [-0.39, 0.29) is 18.7 Å². The number of nitro benzene ring substituents is 1. The van der Waals surface area contributed by atoms with Gasteiger partial charge in [-0.3, -0.25) is 14.9 Å². The van der Waals surface area contributed by atoms with E-state index < -0.39 is 49.7 Å². The zero-order valence-corrected chi connectivity index (χ0v) is 11.4. The third-order valence-electron chi connectivity index (χ3n) is 2.48. The number of aliphatic carboxylic acids is 1. The fourth-order valence-corrected chi connectivity index (χ4v) is 2.98. The number of carboxylic acid groups (broad SMARTS) is 1. The second-order valence-electron chi connectivity index (χ2n) is 3.82. The molecule has 0 saturated carbocycles. The van der Waals surface area contributed by atoms with E-state index in [1.54, 1.807) is 0 Å². The Bertz CT molecular complexity index is 691. The summed E-state index contributed by atoms with van der Waals surface area (Å²) < 4.78 is 51.4. The number of carbonyl (C=O) groups is 1. The van der Waals surface area contributed by atoms with Crippen molar-refractivity contribution in [2.75, 3.05) is 13.1 Å². The lowest BCUT2D eigenvalue weighted by molar-refractivity contribution is -0.387. The van der Waals surface area contributed by atoms with E-state index in [1.807, 2.05) is 0 Å². The number of nitro groups is 1. The van der Waals surface area contributed by atoms with Gasteiger partial charge in [0.15, 0.2) is 0 Å². The van der Waals surface area contributed by atoms with Crippen molar-refractivity contribution in [3.63, 3.8) is 0 Å². The van der Waals surface area contributed by atoms with E-state index in [4.69, 9.17) is 5.11 Å². The molecule has 0 atom stereocenters. The summed E-state index contributed by atoms with van der Waals surface area (Å²) in [6.45, 7) is 0.0407. The van der Waals surface area contributed by atoms with Crippen LogP contribution in [-0.4, -0.2) is 41.8 Å². The molecule has 0 heterocycles. The number of sulfonamides is 1. The number of halogens is 2. The van der Waals surface area contributed by atoms with E-state index in [9.17, 15) is 32.1 Å². The van der Waals surface area contributed by atoms with Crippen LogP contribution in [0.15, 0.2) is 17.0 Å². The van der Waals surface area contributed by atoms with E-state index in [0.29, 0.717) is 4.31 Å². The highest BCUT2D eigenvalue weighted by molar-refractivity contribution is 7.89. The van der Waals surface area contributed by atoms with Crippen LogP contribution < -0.4 is 0 Å². The number of benzene rings is 1. The van der Waals surface area contributed by atoms with Crippen molar-refractivity contribution >= 4 is 21.7 Å². The van der Waals surface area contributed by atoms with Gasteiger partial charge in [0.1, 0.15) is 17.3 Å². The fraction of sp³-hybridized carbons (Fsp3) is 0.300. The predicted octanol–water partition coefficient (Wildman–Crippen LogP) is 0.968. The van der Waals surface area contributed by atoms with Gasteiger partial charge in [-0.25, -0.2) is 12.8 Å². The number of hydrogen-bond acceptors (Lipinski definition) is 5. The first-order valence-corrected chi connectivity index (χ1v) is 6.90. The Hall–Kier alpha value is -2.14. The molecule has 116 valence electrons. The van der Waals surface area contributed by atoms with Crippen molar-refractivity contribution in [2.24, 2.45) is 0 Å². The molecule has 0 radical (unpaired) electrons. The summed E-state index contributed by atoms with van der Waals surface area (Å²) in [4.78, 5) is 18.8. The van der Waals surface area contributed by atoms with Gasteiger partial charge in [0.25, 0.3) is 0 Å². The van der Waals surface area contributed by atoms with Gasteiger partial charge in [0.05, 0.1) is 4.92 Å². The Morgan fingerprint density at radius 2 is 1.95 bits per heavy atom. The molecular formula is C10H10F2N2O6S. The SMILES string of the molecule is CCN(CC(=O)O)S(=O)(=O)c1cc([N+](=O)[O-])c(F)cc1F. The highest BCUT2D eigenvalue weighted by Gasteiger charge is 2.31. The van der Waals surface area contributed by atoms with Crippen LogP contribution in [0.5, 0.6) is 0 Å². The molecule has 0 amide bonds. The van der Waals surface area contributed by atoms with E-state index >= 15 is 0 Å². The molecule has 1 aromatic rings.